The summed E-state index contributed by atoms with van der Waals surface area (Å²) in [5.41, 5.74) is 0. The number of nitrogens with one attached hydrogen (secondary N) is 1. The van der Waals surface area contributed by atoms with E-state index >= 15 is 0 Å². The molecule has 3 N–H and O–H groups in total. The van der Waals surface area contributed by atoms with Crippen molar-refractivity contribution in [3.8, 4) is 0 Å². The summed E-state index contributed by atoms with van der Waals surface area (Å²) in [6.07, 6.45) is 30.9. The molecule has 0 aliphatic rings. The molecule has 0 aliphatic heterocycles. The smallest absolute Gasteiger partial charge is 0.391 e. The molecule has 0 aliphatic carbocycles. The fraction of sp³-hybridized carbons (Fsp3) is 0.919. The Kier molecular flexibility index (Phi) is 29.8. The largest absolute Gasteiger partial charge is 0.472 e. The number of amides is 1. The van der Waals surface area contributed by atoms with Gasteiger partial charge in [0.25, 0.3) is 0 Å². The second-order valence-corrected chi connectivity index (χ2v) is 15.8. The average Bonchev–Trinajstić information content (AvgIpc) is 2.99. The van der Waals surface area contributed by atoms with Crippen LogP contribution in [-0.4, -0.2) is 73.4 Å². The molecule has 0 radical (unpaired) electrons. The molecule has 0 saturated carbocycles. The van der Waals surface area contributed by atoms with Crippen LogP contribution < -0.4 is 5.32 Å². The number of unbranched alkanes of at least 4 members (excludes halogenated alkanes) is 19. The number of aliphatic hydroxyl groups excluding tert-OH is 1. The van der Waals surface area contributed by atoms with Crippen molar-refractivity contribution in [2.75, 3.05) is 40.9 Å². The highest BCUT2D eigenvalue weighted by Gasteiger charge is 2.28. The lowest BCUT2D eigenvalue weighted by Crippen LogP contribution is -2.46. The third-order valence-electron chi connectivity index (χ3n) is 8.51. The highest BCUT2D eigenvalue weighted by molar-refractivity contribution is 7.47. The fourth-order valence-corrected chi connectivity index (χ4v) is 6.13. The monoisotopic (exact) mass is 676 g/mol. The van der Waals surface area contributed by atoms with Crippen molar-refractivity contribution in [1.82, 2.24) is 5.32 Å². The molecule has 0 spiro atoms. The maximum Gasteiger partial charge on any atom is 0.472 e. The lowest BCUT2D eigenvalue weighted by atomic mass is 10.0. The molecule has 3 atom stereocenters. The van der Waals surface area contributed by atoms with E-state index < -0.39 is 20.0 Å². The quantitative estimate of drug-likeness (QED) is 0.0272. The van der Waals surface area contributed by atoms with E-state index in [2.05, 4.69) is 31.3 Å². The van der Waals surface area contributed by atoms with Crippen molar-refractivity contribution in [3.63, 3.8) is 0 Å². The van der Waals surface area contributed by atoms with Crippen molar-refractivity contribution >= 4 is 13.7 Å². The Bertz CT molecular complexity index is 773. The van der Waals surface area contributed by atoms with Gasteiger partial charge in [-0.2, -0.15) is 0 Å². The van der Waals surface area contributed by atoms with Crippen LogP contribution in [0.2, 0.25) is 0 Å². The van der Waals surface area contributed by atoms with E-state index in [1.165, 1.54) is 96.3 Å². The van der Waals surface area contributed by atoms with Crippen LogP contribution in [0.1, 0.15) is 168 Å². The van der Waals surface area contributed by atoms with Gasteiger partial charge >= 0.3 is 7.82 Å². The van der Waals surface area contributed by atoms with Gasteiger partial charge in [0.2, 0.25) is 5.91 Å². The lowest BCUT2D eigenvalue weighted by molar-refractivity contribution is -0.870. The number of carbonyl (C=O) groups is 1. The first-order valence-electron chi connectivity index (χ1n) is 19.1. The SMILES string of the molecule is CCCCCCCCCCC/C=C/CCCC[C@@H](O)[C@H](COP(=O)(O)OCC[N+](C)(C)C)NC(=O)CCCCCCCCCCC. The number of aliphatic hydroxyl groups is 1. The van der Waals surface area contributed by atoms with Crippen LogP contribution in [0.25, 0.3) is 0 Å². The van der Waals surface area contributed by atoms with Crippen LogP contribution in [0, 0.1) is 0 Å². The number of phosphoric ester groups is 1. The molecule has 0 rings (SSSR count). The third-order valence-corrected chi connectivity index (χ3v) is 9.50. The van der Waals surface area contributed by atoms with E-state index in [9.17, 15) is 19.4 Å². The minimum absolute atomic E-state index is 0.0715. The van der Waals surface area contributed by atoms with E-state index in [1.54, 1.807) is 0 Å². The van der Waals surface area contributed by atoms with Crippen molar-refractivity contribution in [2.45, 2.75) is 180 Å². The molecule has 0 heterocycles. The number of nitrogens with zero attached hydrogens (tertiary/aromatic N) is 1. The Labute approximate surface area is 284 Å². The van der Waals surface area contributed by atoms with Crippen LogP contribution >= 0.6 is 7.82 Å². The van der Waals surface area contributed by atoms with Gasteiger partial charge < -0.3 is 19.8 Å². The fourth-order valence-electron chi connectivity index (χ4n) is 5.39. The number of rotatable bonds is 34. The van der Waals surface area contributed by atoms with Gasteiger partial charge in [-0.3, -0.25) is 13.8 Å². The maximum atomic E-state index is 12.7. The number of carbonyl (C=O) groups excluding carboxylic acids is 1. The van der Waals surface area contributed by atoms with Crippen molar-refractivity contribution in [1.29, 1.82) is 0 Å². The topological polar surface area (TPSA) is 105 Å². The second-order valence-electron chi connectivity index (χ2n) is 14.3. The molecule has 9 heteroatoms. The number of likely N-dealkylation sites (N-methyl/N-ethyl adjacent to an activating group) is 1. The summed E-state index contributed by atoms with van der Waals surface area (Å²) in [6, 6.07) is -0.768. The number of hydrogen-bond acceptors (Lipinski definition) is 5. The van der Waals surface area contributed by atoms with Crippen LogP contribution in [0.5, 0.6) is 0 Å². The molecule has 0 aromatic rings. The minimum Gasteiger partial charge on any atom is -0.391 e. The maximum absolute atomic E-state index is 12.7. The molecule has 0 bridgehead atoms. The highest BCUT2D eigenvalue weighted by Crippen LogP contribution is 2.43. The molecule has 0 aromatic heterocycles. The molecule has 0 fully saturated rings. The van der Waals surface area contributed by atoms with Gasteiger partial charge in [-0.05, 0) is 38.5 Å². The molecule has 8 nitrogen and oxygen atoms in total. The zero-order valence-corrected chi connectivity index (χ0v) is 31.7. The molecule has 0 aromatic carbocycles. The molecule has 1 unspecified atom stereocenters. The van der Waals surface area contributed by atoms with Gasteiger partial charge in [0.05, 0.1) is 39.9 Å². The van der Waals surface area contributed by atoms with E-state index in [0.29, 0.717) is 23.9 Å². The van der Waals surface area contributed by atoms with Crippen molar-refractivity contribution < 1.29 is 32.9 Å². The molecule has 46 heavy (non-hydrogen) atoms. The molecular weight excluding hydrogens is 599 g/mol. The zero-order chi connectivity index (χ0) is 34.4. The summed E-state index contributed by atoms with van der Waals surface area (Å²) >= 11 is 0. The number of hydrogen-bond donors (Lipinski definition) is 3. The highest BCUT2D eigenvalue weighted by atomic mass is 31.2. The minimum atomic E-state index is -4.30. The molecule has 274 valence electrons. The van der Waals surface area contributed by atoms with Crippen molar-refractivity contribution in [2.24, 2.45) is 0 Å². The molecular formula is C37H76N2O6P+. The first-order valence-corrected chi connectivity index (χ1v) is 20.5. The van der Waals surface area contributed by atoms with Gasteiger partial charge in [-0.25, -0.2) is 4.57 Å². The average molecular weight is 676 g/mol. The molecule has 1 amide bonds. The van der Waals surface area contributed by atoms with Crippen molar-refractivity contribution in [3.05, 3.63) is 12.2 Å². The van der Waals surface area contributed by atoms with Crippen LogP contribution in [0.3, 0.4) is 0 Å². The van der Waals surface area contributed by atoms with E-state index in [-0.39, 0.29) is 19.1 Å². The normalized spacial score (nSPS) is 14.8. The Morgan fingerprint density at radius 2 is 1.17 bits per heavy atom. The Morgan fingerprint density at radius 1 is 0.717 bits per heavy atom. The van der Waals surface area contributed by atoms with Gasteiger partial charge in [0.15, 0.2) is 0 Å². The van der Waals surface area contributed by atoms with Crippen LogP contribution in [0.4, 0.5) is 0 Å². The van der Waals surface area contributed by atoms with E-state index in [1.807, 2.05) is 21.1 Å². The summed E-state index contributed by atoms with van der Waals surface area (Å²) in [5, 5.41) is 13.8. The van der Waals surface area contributed by atoms with Gasteiger partial charge in [0.1, 0.15) is 13.2 Å². The summed E-state index contributed by atoms with van der Waals surface area (Å²) in [4.78, 5) is 22.9. The Morgan fingerprint density at radius 3 is 1.67 bits per heavy atom. The summed E-state index contributed by atoms with van der Waals surface area (Å²) in [6.45, 7) is 4.83. The first kappa shape index (κ1) is 45.2. The zero-order valence-electron chi connectivity index (χ0n) is 30.8. The van der Waals surface area contributed by atoms with E-state index in [4.69, 9.17) is 9.05 Å². The van der Waals surface area contributed by atoms with Gasteiger partial charge in [-0.1, -0.05) is 135 Å². The van der Waals surface area contributed by atoms with Gasteiger partial charge in [-0.15, -0.1) is 0 Å². The summed E-state index contributed by atoms with van der Waals surface area (Å²) in [7, 11) is 1.60. The van der Waals surface area contributed by atoms with Crippen LogP contribution in [0.15, 0.2) is 12.2 Å². The second kappa shape index (κ2) is 30.3. The van der Waals surface area contributed by atoms with Gasteiger partial charge in [0, 0.05) is 6.42 Å². The number of quaternary nitrogens is 1. The first-order chi connectivity index (χ1) is 22.0. The predicted octanol–water partition coefficient (Wildman–Crippen LogP) is 9.63. The lowest BCUT2D eigenvalue weighted by Gasteiger charge is -2.26. The summed E-state index contributed by atoms with van der Waals surface area (Å²) < 4.78 is 23.5. The Balaban J connectivity index is 4.49. The number of allylic oxidation sites excluding steroid dienone is 2. The predicted molar refractivity (Wildman–Crippen MR) is 194 cm³/mol. The third kappa shape index (κ3) is 31.8. The van der Waals surface area contributed by atoms with Crippen LogP contribution in [-0.2, 0) is 18.4 Å². The molecule has 0 saturated heterocycles. The van der Waals surface area contributed by atoms with E-state index in [0.717, 1.165) is 44.9 Å². The number of phosphoric acid groups is 1. The summed E-state index contributed by atoms with van der Waals surface area (Å²) in [5.74, 6) is -0.159. The standard InChI is InChI=1S/C37H75N2O6P/c1-6-8-10-12-14-16-17-18-19-20-21-23-24-26-28-30-36(40)35(34-45-46(42,43)44-33-32-39(3,4)5)38-37(41)31-29-27-25-22-15-13-11-9-7-2/h21,23,35-36,40H,6-20,22,24-34H2,1-5H3,(H-,38,41,42,43)/p+1/b23-21+/t35-,36+/m0/s1. The Hall–Kier alpha value is -0.760.